The minimum atomic E-state index is -1.22. The zero-order valence-corrected chi connectivity index (χ0v) is 9.87. The summed E-state index contributed by atoms with van der Waals surface area (Å²) in [6.07, 6.45) is 2.72. The van der Waals surface area contributed by atoms with Gasteiger partial charge in [-0.05, 0) is 23.8 Å². The highest BCUT2D eigenvalue weighted by Crippen LogP contribution is 2.07. The Balaban J connectivity index is 2.20. The van der Waals surface area contributed by atoms with Crippen molar-refractivity contribution in [2.75, 3.05) is 0 Å². The van der Waals surface area contributed by atoms with Crippen LogP contribution in [-0.2, 0) is 4.79 Å². The molecule has 2 aromatic rings. The molecule has 0 atom stereocenters. The second kappa shape index (κ2) is 5.68. The fraction of sp³-hybridized carbons (Fsp3) is 0. The van der Waals surface area contributed by atoms with Crippen LogP contribution in [0.4, 0.5) is 0 Å². The SMILES string of the molecule is O=C(O)C(=Cc1ccccc1)NC(=O)c1ccco1. The van der Waals surface area contributed by atoms with Crippen molar-refractivity contribution in [3.05, 3.63) is 65.7 Å². The summed E-state index contributed by atoms with van der Waals surface area (Å²) in [4.78, 5) is 22.8. The van der Waals surface area contributed by atoms with Crippen molar-refractivity contribution >= 4 is 18.0 Å². The molecule has 0 radical (unpaired) electrons. The minimum absolute atomic E-state index is 0.0558. The molecule has 96 valence electrons. The quantitative estimate of drug-likeness (QED) is 0.822. The van der Waals surface area contributed by atoms with Gasteiger partial charge in [-0.2, -0.15) is 0 Å². The largest absolute Gasteiger partial charge is 0.477 e. The van der Waals surface area contributed by atoms with Gasteiger partial charge in [0, 0.05) is 0 Å². The predicted octanol–water partition coefficient (Wildman–Crippen LogP) is 2.14. The Bertz CT molecular complexity index is 600. The van der Waals surface area contributed by atoms with E-state index in [1.807, 2.05) is 6.07 Å². The summed E-state index contributed by atoms with van der Waals surface area (Å²) in [5.41, 5.74) is 0.465. The van der Waals surface area contributed by atoms with Gasteiger partial charge in [0.15, 0.2) is 5.76 Å². The molecule has 1 amide bonds. The molecule has 5 heteroatoms. The average molecular weight is 257 g/mol. The van der Waals surface area contributed by atoms with E-state index in [0.29, 0.717) is 5.56 Å². The number of aliphatic carboxylic acids is 1. The highest BCUT2D eigenvalue weighted by molar-refractivity contribution is 6.01. The molecule has 5 nitrogen and oxygen atoms in total. The summed E-state index contributed by atoms with van der Waals surface area (Å²) in [7, 11) is 0. The molecule has 0 fully saturated rings. The van der Waals surface area contributed by atoms with E-state index in [1.54, 1.807) is 30.3 Å². The van der Waals surface area contributed by atoms with Crippen molar-refractivity contribution in [2.24, 2.45) is 0 Å². The van der Waals surface area contributed by atoms with Gasteiger partial charge in [0.25, 0.3) is 5.91 Å². The lowest BCUT2D eigenvalue weighted by Gasteiger charge is -2.04. The van der Waals surface area contributed by atoms with E-state index in [4.69, 9.17) is 9.52 Å². The molecule has 0 bridgehead atoms. The van der Waals surface area contributed by atoms with Gasteiger partial charge in [-0.3, -0.25) is 4.79 Å². The molecule has 2 rings (SSSR count). The molecule has 0 saturated carbocycles. The standard InChI is InChI=1S/C14H11NO4/c16-13(12-7-4-8-19-12)15-11(14(17)18)9-10-5-2-1-3-6-10/h1-9H,(H,15,16)(H,17,18). The molecule has 0 aliphatic carbocycles. The second-order valence-corrected chi connectivity index (χ2v) is 3.71. The maximum absolute atomic E-state index is 11.7. The monoisotopic (exact) mass is 257 g/mol. The zero-order chi connectivity index (χ0) is 13.7. The van der Waals surface area contributed by atoms with E-state index in [1.165, 1.54) is 18.4 Å². The number of amides is 1. The molecular formula is C14H11NO4. The summed E-state index contributed by atoms with van der Waals surface area (Å²) in [5.74, 6) is -1.77. The van der Waals surface area contributed by atoms with Crippen LogP contribution in [0, 0.1) is 0 Å². The Hall–Kier alpha value is -2.82. The van der Waals surface area contributed by atoms with E-state index in [0.717, 1.165) is 0 Å². The molecular weight excluding hydrogens is 246 g/mol. The molecule has 0 unspecified atom stereocenters. The van der Waals surface area contributed by atoms with Crippen molar-refractivity contribution < 1.29 is 19.1 Å². The van der Waals surface area contributed by atoms with Crippen LogP contribution in [0.2, 0.25) is 0 Å². The van der Waals surface area contributed by atoms with Gasteiger partial charge in [0.05, 0.1) is 6.26 Å². The maximum atomic E-state index is 11.7. The van der Waals surface area contributed by atoms with Crippen molar-refractivity contribution in [1.82, 2.24) is 5.32 Å². The summed E-state index contributed by atoms with van der Waals surface area (Å²) >= 11 is 0. The molecule has 1 heterocycles. The van der Waals surface area contributed by atoms with Crippen molar-refractivity contribution in [2.45, 2.75) is 0 Å². The zero-order valence-electron chi connectivity index (χ0n) is 9.87. The third-order valence-electron chi connectivity index (χ3n) is 2.33. The second-order valence-electron chi connectivity index (χ2n) is 3.71. The van der Waals surface area contributed by atoms with Gasteiger partial charge in [-0.25, -0.2) is 4.79 Å². The molecule has 0 aliphatic heterocycles. The minimum Gasteiger partial charge on any atom is -0.477 e. The Morgan fingerprint density at radius 1 is 1.11 bits per heavy atom. The molecule has 0 saturated heterocycles. The number of carbonyl (C=O) groups is 2. The van der Waals surface area contributed by atoms with Gasteiger partial charge in [-0.1, -0.05) is 30.3 Å². The lowest BCUT2D eigenvalue weighted by molar-refractivity contribution is -0.132. The fourth-order valence-electron chi connectivity index (χ4n) is 1.46. The first kappa shape index (κ1) is 12.6. The lowest BCUT2D eigenvalue weighted by Crippen LogP contribution is -2.26. The molecule has 0 spiro atoms. The third kappa shape index (κ3) is 3.32. The van der Waals surface area contributed by atoms with Crippen LogP contribution in [0.1, 0.15) is 16.1 Å². The van der Waals surface area contributed by atoms with Crippen LogP contribution in [0.25, 0.3) is 6.08 Å². The summed E-state index contributed by atoms with van der Waals surface area (Å²) in [6.45, 7) is 0. The van der Waals surface area contributed by atoms with Gasteiger partial charge in [-0.15, -0.1) is 0 Å². The molecule has 1 aromatic carbocycles. The number of carbonyl (C=O) groups excluding carboxylic acids is 1. The van der Waals surface area contributed by atoms with E-state index >= 15 is 0 Å². The average Bonchev–Trinajstić information content (AvgIpc) is 2.93. The van der Waals surface area contributed by atoms with Gasteiger partial charge >= 0.3 is 5.97 Å². The first-order chi connectivity index (χ1) is 9.16. The van der Waals surface area contributed by atoms with Crippen molar-refractivity contribution in [3.8, 4) is 0 Å². The molecule has 1 aromatic heterocycles. The fourth-order valence-corrected chi connectivity index (χ4v) is 1.46. The molecule has 0 aliphatic rings. The summed E-state index contributed by atoms with van der Waals surface area (Å²) in [6, 6.07) is 11.9. The van der Waals surface area contributed by atoms with Crippen LogP contribution < -0.4 is 5.32 Å². The maximum Gasteiger partial charge on any atom is 0.352 e. The third-order valence-corrected chi connectivity index (χ3v) is 2.33. The van der Waals surface area contributed by atoms with Gasteiger partial charge < -0.3 is 14.8 Å². The van der Waals surface area contributed by atoms with Crippen LogP contribution in [0.3, 0.4) is 0 Å². The predicted molar refractivity (Wildman–Crippen MR) is 68.2 cm³/mol. The number of hydrogen-bond donors (Lipinski definition) is 2. The topological polar surface area (TPSA) is 79.5 Å². The van der Waals surface area contributed by atoms with Crippen LogP contribution >= 0.6 is 0 Å². The highest BCUT2D eigenvalue weighted by atomic mass is 16.4. The number of benzene rings is 1. The Morgan fingerprint density at radius 3 is 2.42 bits per heavy atom. The van der Waals surface area contributed by atoms with Gasteiger partial charge in [0.2, 0.25) is 0 Å². The number of carboxylic acid groups (broad SMARTS) is 1. The number of furan rings is 1. The van der Waals surface area contributed by atoms with Crippen LogP contribution in [0.15, 0.2) is 58.8 Å². The van der Waals surface area contributed by atoms with Crippen molar-refractivity contribution in [3.63, 3.8) is 0 Å². The molecule has 19 heavy (non-hydrogen) atoms. The smallest absolute Gasteiger partial charge is 0.352 e. The number of rotatable bonds is 4. The summed E-state index contributed by atoms with van der Waals surface area (Å²) in [5, 5.41) is 11.4. The van der Waals surface area contributed by atoms with Gasteiger partial charge in [0.1, 0.15) is 5.70 Å². The molecule has 2 N–H and O–H groups in total. The van der Waals surface area contributed by atoms with E-state index in [9.17, 15) is 9.59 Å². The van der Waals surface area contributed by atoms with Crippen LogP contribution in [0.5, 0.6) is 0 Å². The first-order valence-electron chi connectivity index (χ1n) is 5.52. The first-order valence-corrected chi connectivity index (χ1v) is 5.52. The number of hydrogen-bond acceptors (Lipinski definition) is 3. The Morgan fingerprint density at radius 2 is 1.84 bits per heavy atom. The Labute approximate surface area is 109 Å². The van der Waals surface area contributed by atoms with E-state index in [-0.39, 0.29) is 11.5 Å². The lowest BCUT2D eigenvalue weighted by atomic mass is 10.2. The summed E-state index contributed by atoms with van der Waals surface area (Å²) < 4.78 is 4.89. The Kier molecular flexibility index (Phi) is 3.78. The number of nitrogens with one attached hydrogen (secondary N) is 1. The normalized spacial score (nSPS) is 11.1. The van der Waals surface area contributed by atoms with E-state index in [2.05, 4.69) is 5.32 Å². The van der Waals surface area contributed by atoms with E-state index < -0.39 is 11.9 Å². The number of carboxylic acids is 1. The van der Waals surface area contributed by atoms with Crippen LogP contribution in [-0.4, -0.2) is 17.0 Å². The van der Waals surface area contributed by atoms with Crippen molar-refractivity contribution in [1.29, 1.82) is 0 Å². The highest BCUT2D eigenvalue weighted by Gasteiger charge is 2.14.